The number of hydrogen-bond donors (Lipinski definition) is 2. The number of rotatable bonds is 10. The Morgan fingerprint density at radius 3 is 2.16 bits per heavy atom. The number of methoxy groups -OCH3 is 1. The number of nitrogens with one attached hydrogen (secondary N) is 2. The van der Waals surface area contributed by atoms with E-state index in [1.807, 2.05) is 33.9 Å². The smallest absolute Gasteiger partial charge is 0.457 e. The van der Waals surface area contributed by atoms with E-state index in [0.29, 0.717) is 0 Å². The predicted molar refractivity (Wildman–Crippen MR) is 168 cm³/mol. The number of oxime groups is 1. The number of thiazole rings is 1. The topological polar surface area (TPSA) is 184 Å². The minimum atomic E-state index is -2.47. The van der Waals surface area contributed by atoms with Gasteiger partial charge in [-0.15, -0.1) is 11.3 Å². The number of carbonyl (C=O) groups is 5. The molecule has 2 atom stereocenters. The van der Waals surface area contributed by atoms with Gasteiger partial charge in [0.05, 0.1) is 13.2 Å². The first-order valence-corrected chi connectivity index (χ1v) is 18.0. The molecule has 0 unspecified atom stereocenters. The van der Waals surface area contributed by atoms with Crippen molar-refractivity contribution < 1.29 is 47.8 Å². The SMILES string of the molecule is COC(=O)OC[C@H]1[C@@H](NC(=O)C(=NOCC(=O)OC(C)(C)C)c2csc(NC(=O)OC(C)(C)C)n2)C(=O)N1[Si](C)(C)C(C)(C)C. The van der Waals surface area contributed by atoms with Crippen LogP contribution in [-0.4, -0.2) is 97.1 Å². The number of esters is 1. The lowest BCUT2D eigenvalue weighted by Gasteiger charge is -2.57. The second-order valence-electron chi connectivity index (χ2n) is 13.8. The molecule has 252 valence electrons. The molecule has 0 aromatic carbocycles. The van der Waals surface area contributed by atoms with Gasteiger partial charge in [-0.25, -0.2) is 19.4 Å². The largest absolute Gasteiger partial charge is 0.508 e. The summed E-state index contributed by atoms with van der Waals surface area (Å²) in [5.41, 5.74) is -1.92. The van der Waals surface area contributed by atoms with Gasteiger partial charge in [0, 0.05) is 5.38 Å². The molecule has 0 aliphatic carbocycles. The van der Waals surface area contributed by atoms with Crippen LogP contribution in [0.15, 0.2) is 10.5 Å². The number of ether oxygens (including phenoxy) is 4. The summed E-state index contributed by atoms with van der Waals surface area (Å²) in [6.45, 7) is 19.4. The lowest BCUT2D eigenvalue weighted by Crippen LogP contribution is -2.80. The zero-order chi connectivity index (χ0) is 34.5. The van der Waals surface area contributed by atoms with E-state index in [1.165, 1.54) is 12.5 Å². The molecule has 2 N–H and O–H groups in total. The Balaban J connectivity index is 2.37. The van der Waals surface area contributed by atoms with Gasteiger partial charge in [0.15, 0.2) is 19.1 Å². The Kier molecular flexibility index (Phi) is 11.8. The molecular formula is C28H45N5O10SSi. The molecule has 45 heavy (non-hydrogen) atoms. The van der Waals surface area contributed by atoms with Gasteiger partial charge in [0.2, 0.25) is 12.5 Å². The van der Waals surface area contributed by atoms with Crippen LogP contribution in [0, 0.1) is 0 Å². The quantitative estimate of drug-likeness (QED) is 0.0914. The van der Waals surface area contributed by atoms with E-state index in [-0.39, 0.29) is 34.1 Å². The number of amides is 3. The molecule has 0 saturated carbocycles. The van der Waals surface area contributed by atoms with E-state index < -0.39 is 62.3 Å². The molecule has 0 radical (unpaired) electrons. The maximum atomic E-state index is 13.6. The van der Waals surface area contributed by atoms with Crippen molar-refractivity contribution in [2.24, 2.45) is 5.16 Å². The summed E-state index contributed by atoms with van der Waals surface area (Å²) in [6, 6.07) is -1.77. The van der Waals surface area contributed by atoms with Crippen LogP contribution in [0.3, 0.4) is 0 Å². The highest BCUT2D eigenvalue weighted by atomic mass is 32.1. The highest BCUT2D eigenvalue weighted by Crippen LogP contribution is 2.43. The van der Waals surface area contributed by atoms with Gasteiger partial charge in [-0.2, -0.15) is 0 Å². The van der Waals surface area contributed by atoms with E-state index in [2.05, 4.69) is 25.5 Å². The number of carbonyl (C=O) groups excluding carboxylic acids is 5. The zero-order valence-corrected chi connectivity index (χ0v) is 29.8. The van der Waals surface area contributed by atoms with Crippen molar-refractivity contribution in [3.05, 3.63) is 11.1 Å². The number of β-lactam (4-membered cyclic amide) rings is 1. The fourth-order valence-electron chi connectivity index (χ4n) is 3.90. The summed E-state index contributed by atoms with van der Waals surface area (Å²) in [7, 11) is -1.30. The lowest BCUT2D eigenvalue weighted by molar-refractivity contribution is -0.160. The van der Waals surface area contributed by atoms with Crippen LogP contribution < -0.4 is 10.6 Å². The second-order valence-corrected chi connectivity index (χ2v) is 19.7. The summed E-state index contributed by atoms with van der Waals surface area (Å²) < 4.78 is 21.9. The second kappa shape index (κ2) is 14.1. The number of nitrogens with zero attached hydrogens (tertiary/aromatic N) is 3. The van der Waals surface area contributed by atoms with E-state index in [1.54, 1.807) is 46.1 Å². The Morgan fingerprint density at radius 2 is 1.62 bits per heavy atom. The fourth-order valence-corrected chi connectivity index (χ4v) is 7.05. The lowest BCUT2D eigenvalue weighted by atomic mass is 9.99. The van der Waals surface area contributed by atoms with Gasteiger partial charge in [-0.05, 0) is 46.6 Å². The minimum absolute atomic E-state index is 0.0110. The molecule has 0 bridgehead atoms. The summed E-state index contributed by atoms with van der Waals surface area (Å²) in [5, 5.41) is 10.3. The molecule has 2 heterocycles. The fraction of sp³-hybridized carbons (Fsp3) is 0.679. The summed E-state index contributed by atoms with van der Waals surface area (Å²) in [5.74, 6) is -1.94. The molecule has 1 aromatic rings. The van der Waals surface area contributed by atoms with Crippen molar-refractivity contribution >= 4 is 60.4 Å². The molecular weight excluding hydrogens is 626 g/mol. The van der Waals surface area contributed by atoms with Crippen LogP contribution >= 0.6 is 11.3 Å². The molecule has 0 spiro atoms. The standard InChI is InChI=1S/C28H45N5O10SSi/c1-26(2,3)42-18(34)14-41-32-19(16-15-44-23(29-16)31-24(37)43-27(4,5)6)21(35)30-20-17(13-40-25(38)39-10)33(22(20)36)45(11,12)28(7,8)9/h15,17,20H,13-14H2,1-12H3,(H,30,35)(H,29,31,37)/t17-,20+/m0/s1. The van der Waals surface area contributed by atoms with Gasteiger partial charge in [-0.3, -0.25) is 14.9 Å². The maximum Gasteiger partial charge on any atom is 0.508 e. The van der Waals surface area contributed by atoms with Crippen LogP contribution in [0.5, 0.6) is 0 Å². The first kappa shape index (κ1) is 37.5. The van der Waals surface area contributed by atoms with E-state index in [4.69, 9.17) is 19.0 Å². The van der Waals surface area contributed by atoms with Crippen molar-refractivity contribution in [1.29, 1.82) is 0 Å². The van der Waals surface area contributed by atoms with E-state index in [9.17, 15) is 24.0 Å². The van der Waals surface area contributed by atoms with Crippen molar-refractivity contribution in [3.8, 4) is 0 Å². The summed E-state index contributed by atoms with van der Waals surface area (Å²) in [6.07, 6.45) is -1.69. The van der Waals surface area contributed by atoms with Gasteiger partial charge >= 0.3 is 18.2 Å². The van der Waals surface area contributed by atoms with Crippen molar-refractivity contribution in [2.45, 2.75) is 104 Å². The molecule has 1 aromatic heterocycles. The molecule has 1 aliphatic rings. The molecule has 2 rings (SSSR count). The monoisotopic (exact) mass is 671 g/mol. The summed E-state index contributed by atoms with van der Waals surface area (Å²) in [4.78, 5) is 72.8. The minimum Gasteiger partial charge on any atom is -0.457 e. The molecule has 17 heteroatoms. The Morgan fingerprint density at radius 1 is 1.02 bits per heavy atom. The molecule has 1 saturated heterocycles. The maximum absolute atomic E-state index is 13.6. The van der Waals surface area contributed by atoms with Crippen LogP contribution in [0.25, 0.3) is 0 Å². The van der Waals surface area contributed by atoms with Crippen molar-refractivity contribution in [2.75, 3.05) is 25.6 Å². The highest BCUT2D eigenvalue weighted by molar-refractivity contribution is 7.14. The van der Waals surface area contributed by atoms with Crippen LogP contribution in [0.2, 0.25) is 18.1 Å². The van der Waals surface area contributed by atoms with Gasteiger partial charge < -0.3 is 33.7 Å². The molecule has 1 aliphatic heterocycles. The summed E-state index contributed by atoms with van der Waals surface area (Å²) >= 11 is 0.985. The molecule has 3 amide bonds. The number of anilines is 1. The van der Waals surface area contributed by atoms with Crippen LogP contribution in [0.4, 0.5) is 14.7 Å². The van der Waals surface area contributed by atoms with Crippen molar-refractivity contribution in [1.82, 2.24) is 14.9 Å². The van der Waals surface area contributed by atoms with Crippen molar-refractivity contribution in [3.63, 3.8) is 0 Å². The van der Waals surface area contributed by atoms with Gasteiger partial charge in [-0.1, -0.05) is 39.0 Å². The number of aromatic nitrogens is 1. The predicted octanol–water partition coefficient (Wildman–Crippen LogP) is 4.04. The Hall–Kier alpha value is -3.73. The van der Waals surface area contributed by atoms with Crippen LogP contribution in [-0.2, 0) is 38.2 Å². The zero-order valence-electron chi connectivity index (χ0n) is 28.0. The first-order valence-electron chi connectivity index (χ1n) is 14.2. The molecule has 1 fully saturated rings. The van der Waals surface area contributed by atoms with E-state index in [0.717, 1.165) is 11.3 Å². The Bertz CT molecular complexity index is 1310. The van der Waals surface area contributed by atoms with Gasteiger partial charge in [0.1, 0.15) is 29.5 Å². The molecule has 15 nitrogen and oxygen atoms in total. The van der Waals surface area contributed by atoms with Gasteiger partial charge in [0.25, 0.3) is 5.91 Å². The Labute approximate surface area is 268 Å². The average molecular weight is 672 g/mol. The first-order chi connectivity index (χ1) is 20.5. The average Bonchev–Trinajstić information content (AvgIpc) is 3.31. The van der Waals surface area contributed by atoms with E-state index >= 15 is 0 Å². The third-order valence-electron chi connectivity index (χ3n) is 6.81. The third kappa shape index (κ3) is 10.4. The normalized spacial score (nSPS) is 17.6. The van der Waals surface area contributed by atoms with Crippen LogP contribution in [0.1, 0.15) is 68.0 Å². The number of hydrogen-bond acceptors (Lipinski definition) is 13. The highest BCUT2D eigenvalue weighted by Gasteiger charge is 2.58. The third-order valence-corrected chi connectivity index (χ3v) is 13.0.